The predicted molar refractivity (Wildman–Crippen MR) is 240 cm³/mol. The molecule has 0 unspecified atom stereocenters. The Bertz CT molecular complexity index is 3310. The lowest BCUT2D eigenvalue weighted by atomic mass is 9.84. The molecular formula is C54H34N4. The molecule has 270 valence electrons. The summed E-state index contributed by atoms with van der Waals surface area (Å²) >= 11 is 0. The zero-order chi connectivity index (χ0) is 38.4. The van der Waals surface area contributed by atoms with Crippen molar-refractivity contribution in [2.75, 3.05) is 0 Å². The molecule has 4 aromatic heterocycles. The highest BCUT2D eigenvalue weighted by molar-refractivity contribution is 6.22. The zero-order valence-corrected chi connectivity index (χ0v) is 31.4. The molecule has 0 spiro atoms. The van der Waals surface area contributed by atoms with Crippen LogP contribution in [0.4, 0.5) is 0 Å². The average Bonchev–Trinajstić information content (AvgIpc) is 3.31. The first-order chi connectivity index (χ1) is 28.8. The molecule has 0 bridgehead atoms. The summed E-state index contributed by atoms with van der Waals surface area (Å²) in [6.07, 6.45) is 3.61. The zero-order valence-electron chi connectivity index (χ0n) is 31.4. The number of nitrogens with zero attached hydrogens (tertiary/aromatic N) is 4. The van der Waals surface area contributed by atoms with E-state index in [1.54, 1.807) is 12.4 Å². The van der Waals surface area contributed by atoms with Crippen LogP contribution < -0.4 is 0 Å². The topological polar surface area (TPSA) is 51.6 Å². The second-order valence-electron chi connectivity index (χ2n) is 14.6. The van der Waals surface area contributed by atoms with Crippen LogP contribution in [0.2, 0.25) is 0 Å². The predicted octanol–water partition coefficient (Wildman–Crippen LogP) is 13.9. The molecule has 0 N–H and O–H groups in total. The van der Waals surface area contributed by atoms with Crippen LogP contribution in [0.3, 0.4) is 0 Å². The van der Waals surface area contributed by atoms with Gasteiger partial charge in [-0.2, -0.15) is 0 Å². The third-order valence-electron chi connectivity index (χ3n) is 11.1. The maximum absolute atomic E-state index is 5.26. The highest BCUT2D eigenvalue weighted by Gasteiger charge is 2.19. The molecule has 0 fully saturated rings. The van der Waals surface area contributed by atoms with Gasteiger partial charge in [0.15, 0.2) is 0 Å². The molecule has 4 nitrogen and oxygen atoms in total. The van der Waals surface area contributed by atoms with E-state index in [2.05, 4.69) is 162 Å². The van der Waals surface area contributed by atoms with E-state index in [4.69, 9.17) is 9.97 Å². The summed E-state index contributed by atoms with van der Waals surface area (Å²) < 4.78 is 0. The van der Waals surface area contributed by atoms with Gasteiger partial charge < -0.3 is 0 Å². The van der Waals surface area contributed by atoms with Crippen LogP contribution in [0.5, 0.6) is 0 Å². The van der Waals surface area contributed by atoms with E-state index in [1.807, 2.05) is 42.5 Å². The Morgan fingerprint density at radius 3 is 1.45 bits per heavy atom. The third-order valence-corrected chi connectivity index (χ3v) is 11.1. The lowest BCUT2D eigenvalue weighted by molar-refractivity contribution is 1.26. The van der Waals surface area contributed by atoms with E-state index in [9.17, 15) is 0 Å². The number of pyridine rings is 4. The van der Waals surface area contributed by atoms with Crippen molar-refractivity contribution in [3.63, 3.8) is 0 Å². The maximum Gasteiger partial charge on any atom is 0.0979 e. The number of benzene rings is 7. The number of rotatable bonds is 6. The van der Waals surface area contributed by atoms with Gasteiger partial charge in [0.05, 0.1) is 33.8 Å². The first-order valence-electron chi connectivity index (χ1n) is 19.5. The highest BCUT2D eigenvalue weighted by Crippen LogP contribution is 2.45. The minimum absolute atomic E-state index is 0.804. The SMILES string of the molecule is c1ccc(-c2c3ccccc3c(-c3ccccc3)c3cc(-c4cccc(-c5cc6ccc(-c7ccccn7)nc6c6nc(-c7ccccn7)ccc56)c4)ccc23)cc1. The molecule has 11 aromatic rings. The Labute approximate surface area is 335 Å². The van der Waals surface area contributed by atoms with Gasteiger partial charge in [0.25, 0.3) is 0 Å². The monoisotopic (exact) mass is 738 g/mol. The molecule has 0 saturated carbocycles. The highest BCUT2D eigenvalue weighted by atomic mass is 14.8. The normalized spacial score (nSPS) is 11.4. The summed E-state index contributed by atoms with van der Waals surface area (Å²) in [5.74, 6) is 0. The van der Waals surface area contributed by atoms with E-state index in [1.165, 1.54) is 43.8 Å². The van der Waals surface area contributed by atoms with Gasteiger partial charge in [0.1, 0.15) is 0 Å². The molecule has 0 saturated heterocycles. The average molecular weight is 739 g/mol. The van der Waals surface area contributed by atoms with Gasteiger partial charge in [-0.1, -0.05) is 133 Å². The molecule has 58 heavy (non-hydrogen) atoms. The molecule has 11 rings (SSSR count). The minimum Gasteiger partial charge on any atom is -0.255 e. The summed E-state index contributed by atoms with van der Waals surface area (Å²) in [6, 6.07) is 68.8. The van der Waals surface area contributed by atoms with Crippen molar-refractivity contribution in [2.45, 2.75) is 0 Å². The van der Waals surface area contributed by atoms with E-state index < -0.39 is 0 Å². The van der Waals surface area contributed by atoms with E-state index in [0.29, 0.717) is 0 Å². The Morgan fingerprint density at radius 1 is 0.276 bits per heavy atom. The second kappa shape index (κ2) is 14.0. The van der Waals surface area contributed by atoms with Crippen LogP contribution in [0.25, 0.3) is 111 Å². The van der Waals surface area contributed by atoms with Gasteiger partial charge in [-0.05, 0) is 127 Å². The molecule has 0 atom stereocenters. The van der Waals surface area contributed by atoms with Gasteiger partial charge in [-0.25, -0.2) is 9.97 Å². The van der Waals surface area contributed by atoms with Crippen molar-refractivity contribution < 1.29 is 0 Å². The van der Waals surface area contributed by atoms with Gasteiger partial charge >= 0.3 is 0 Å². The smallest absolute Gasteiger partial charge is 0.0979 e. The lowest BCUT2D eigenvalue weighted by Gasteiger charge is -2.19. The second-order valence-corrected chi connectivity index (χ2v) is 14.6. The number of hydrogen-bond donors (Lipinski definition) is 0. The fraction of sp³-hybridized carbons (Fsp3) is 0. The lowest BCUT2D eigenvalue weighted by Crippen LogP contribution is -1.95. The number of aromatic nitrogens is 4. The van der Waals surface area contributed by atoms with Crippen LogP contribution in [0.15, 0.2) is 207 Å². The minimum atomic E-state index is 0.804. The van der Waals surface area contributed by atoms with Crippen LogP contribution in [0.1, 0.15) is 0 Å². The Hall–Kier alpha value is -7.82. The van der Waals surface area contributed by atoms with Gasteiger partial charge in [-0.15, -0.1) is 0 Å². The Morgan fingerprint density at radius 2 is 0.793 bits per heavy atom. The Balaban J connectivity index is 1.12. The fourth-order valence-corrected chi connectivity index (χ4v) is 8.47. The largest absolute Gasteiger partial charge is 0.255 e. The fourth-order valence-electron chi connectivity index (χ4n) is 8.47. The van der Waals surface area contributed by atoms with E-state index in [-0.39, 0.29) is 0 Å². The molecular weight excluding hydrogens is 705 g/mol. The van der Waals surface area contributed by atoms with Crippen LogP contribution in [-0.2, 0) is 0 Å². The standard InChI is InChI=1S/C54H34N4/c1-3-14-35(15-4-1)51-41-20-7-8-21-42(41)52(36-16-5-2-6-17-36)46-33-38(24-26-43(46)51)37-18-13-19-39(32-37)45-34-40-25-28-49(47-22-9-11-30-55-47)57-53(40)54-44(45)27-29-50(58-54)48-23-10-12-31-56-48/h1-34H. The maximum atomic E-state index is 5.26. The number of fused-ring (bicyclic) bond motifs is 5. The quantitative estimate of drug-likeness (QED) is 0.126. The third kappa shape index (κ3) is 5.78. The van der Waals surface area contributed by atoms with E-state index >= 15 is 0 Å². The summed E-state index contributed by atoms with van der Waals surface area (Å²) in [7, 11) is 0. The molecule has 0 amide bonds. The van der Waals surface area contributed by atoms with Crippen molar-refractivity contribution >= 4 is 43.4 Å². The van der Waals surface area contributed by atoms with Crippen molar-refractivity contribution in [1.82, 2.24) is 19.9 Å². The molecule has 0 aliphatic rings. The Kier molecular flexibility index (Phi) is 8.11. The van der Waals surface area contributed by atoms with E-state index in [0.717, 1.165) is 66.8 Å². The molecule has 0 aliphatic carbocycles. The molecule has 0 aliphatic heterocycles. The molecule has 4 heterocycles. The molecule has 7 aromatic carbocycles. The van der Waals surface area contributed by atoms with Crippen LogP contribution >= 0.6 is 0 Å². The van der Waals surface area contributed by atoms with Crippen molar-refractivity contribution in [2.24, 2.45) is 0 Å². The summed E-state index contributed by atoms with van der Waals surface area (Å²) in [5.41, 5.74) is 14.3. The van der Waals surface area contributed by atoms with Crippen LogP contribution in [0, 0.1) is 0 Å². The van der Waals surface area contributed by atoms with Gasteiger partial charge in [0.2, 0.25) is 0 Å². The first-order valence-corrected chi connectivity index (χ1v) is 19.5. The molecule has 4 heteroatoms. The van der Waals surface area contributed by atoms with Crippen LogP contribution in [-0.4, -0.2) is 19.9 Å². The van der Waals surface area contributed by atoms with Crippen molar-refractivity contribution in [1.29, 1.82) is 0 Å². The summed E-state index contributed by atoms with van der Waals surface area (Å²) in [4.78, 5) is 19.6. The summed E-state index contributed by atoms with van der Waals surface area (Å²) in [5, 5.41) is 6.99. The van der Waals surface area contributed by atoms with Crippen molar-refractivity contribution in [3.05, 3.63) is 207 Å². The first kappa shape index (κ1) is 33.5. The van der Waals surface area contributed by atoms with Gasteiger partial charge in [0, 0.05) is 23.2 Å². The molecule has 0 radical (unpaired) electrons. The van der Waals surface area contributed by atoms with Crippen molar-refractivity contribution in [3.8, 4) is 67.3 Å². The number of hydrogen-bond acceptors (Lipinski definition) is 4. The summed E-state index contributed by atoms with van der Waals surface area (Å²) in [6.45, 7) is 0. The van der Waals surface area contributed by atoms with Gasteiger partial charge in [-0.3, -0.25) is 9.97 Å².